The molecule has 2 aromatic carbocycles. The smallest absolute Gasteiger partial charge is 0.229 e. The Bertz CT molecular complexity index is 1110. The van der Waals surface area contributed by atoms with Crippen molar-refractivity contribution in [2.45, 2.75) is 19.4 Å². The highest BCUT2D eigenvalue weighted by molar-refractivity contribution is 7.92. The standard InChI is InChI=1S/C24H32N4O4S/c1-26-12-14-27(15-13-26)22-8-9-23(32-2)20-10-11-28(17-21(20)22)24(29)16-18-4-6-19(7-5-18)25-33(3,30)31/h4-9,25H,10-17H2,1-3H3. The fraction of sp³-hybridized carbons (Fsp3) is 0.458. The van der Waals surface area contributed by atoms with Crippen LogP contribution in [0.4, 0.5) is 11.4 Å². The molecule has 0 aliphatic carbocycles. The third kappa shape index (κ3) is 5.59. The maximum Gasteiger partial charge on any atom is 0.229 e. The van der Waals surface area contributed by atoms with Gasteiger partial charge in [-0.1, -0.05) is 12.1 Å². The van der Waals surface area contributed by atoms with Crippen LogP contribution in [0.25, 0.3) is 0 Å². The molecule has 8 nitrogen and oxygen atoms in total. The topological polar surface area (TPSA) is 82.2 Å². The largest absolute Gasteiger partial charge is 0.496 e. The lowest BCUT2D eigenvalue weighted by molar-refractivity contribution is -0.131. The third-order valence-corrected chi connectivity index (χ3v) is 6.98. The first-order valence-electron chi connectivity index (χ1n) is 11.2. The van der Waals surface area contributed by atoms with E-state index in [1.54, 1.807) is 31.4 Å². The van der Waals surface area contributed by atoms with Gasteiger partial charge >= 0.3 is 0 Å². The molecule has 178 valence electrons. The van der Waals surface area contributed by atoms with Crippen molar-refractivity contribution in [2.24, 2.45) is 0 Å². The molecule has 0 bridgehead atoms. The molecule has 1 fully saturated rings. The second-order valence-electron chi connectivity index (χ2n) is 8.85. The molecule has 0 saturated carbocycles. The predicted octanol–water partition coefficient (Wildman–Crippen LogP) is 1.95. The first kappa shape index (κ1) is 23.4. The molecule has 2 heterocycles. The van der Waals surface area contributed by atoms with Gasteiger partial charge in [-0.15, -0.1) is 0 Å². The second-order valence-corrected chi connectivity index (χ2v) is 10.6. The lowest BCUT2D eigenvalue weighted by Crippen LogP contribution is -2.45. The molecule has 2 aliphatic rings. The fourth-order valence-electron chi connectivity index (χ4n) is 4.57. The number of benzene rings is 2. The average Bonchev–Trinajstić information content (AvgIpc) is 2.79. The van der Waals surface area contributed by atoms with E-state index in [2.05, 4.69) is 33.7 Å². The number of rotatable bonds is 6. The van der Waals surface area contributed by atoms with Crippen molar-refractivity contribution in [2.75, 3.05) is 62.8 Å². The normalized spacial score (nSPS) is 16.9. The molecule has 0 aromatic heterocycles. The number of amides is 1. The van der Waals surface area contributed by atoms with Crippen LogP contribution in [0.2, 0.25) is 0 Å². The number of likely N-dealkylation sites (N-methyl/N-ethyl adjacent to an activating group) is 1. The fourth-order valence-corrected chi connectivity index (χ4v) is 5.13. The van der Waals surface area contributed by atoms with Crippen LogP contribution in [-0.2, 0) is 34.2 Å². The number of piperazine rings is 1. The van der Waals surface area contributed by atoms with Gasteiger partial charge in [0.15, 0.2) is 0 Å². The Kier molecular flexibility index (Phi) is 6.81. The first-order valence-corrected chi connectivity index (χ1v) is 13.1. The predicted molar refractivity (Wildman–Crippen MR) is 130 cm³/mol. The van der Waals surface area contributed by atoms with E-state index in [9.17, 15) is 13.2 Å². The number of nitrogens with one attached hydrogen (secondary N) is 1. The number of hydrogen-bond donors (Lipinski definition) is 1. The zero-order chi connectivity index (χ0) is 23.6. The quantitative estimate of drug-likeness (QED) is 0.692. The number of hydrogen-bond acceptors (Lipinski definition) is 6. The van der Waals surface area contributed by atoms with Gasteiger partial charge in [0.2, 0.25) is 15.9 Å². The van der Waals surface area contributed by atoms with Crippen molar-refractivity contribution in [3.63, 3.8) is 0 Å². The molecule has 0 unspecified atom stereocenters. The highest BCUT2D eigenvalue weighted by Crippen LogP contribution is 2.36. The summed E-state index contributed by atoms with van der Waals surface area (Å²) in [5.74, 6) is 0.959. The molecule has 2 aliphatic heterocycles. The molecule has 1 N–H and O–H groups in total. The maximum atomic E-state index is 13.1. The minimum absolute atomic E-state index is 0.0663. The third-order valence-electron chi connectivity index (χ3n) is 6.37. The summed E-state index contributed by atoms with van der Waals surface area (Å²) in [5.41, 5.74) is 4.94. The van der Waals surface area contributed by atoms with Crippen LogP contribution in [0.1, 0.15) is 16.7 Å². The minimum Gasteiger partial charge on any atom is -0.496 e. The number of nitrogens with zero attached hydrogens (tertiary/aromatic N) is 3. The Morgan fingerprint density at radius 1 is 1.00 bits per heavy atom. The SMILES string of the molecule is COc1ccc(N2CCN(C)CC2)c2c1CCN(C(=O)Cc1ccc(NS(C)(=O)=O)cc1)C2. The monoisotopic (exact) mass is 472 g/mol. The van der Waals surface area contributed by atoms with Crippen molar-refractivity contribution < 1.29 is 17.9 Å². The Labute approximate surface area is 196 Å². The molecular weight excluding hydrogens is 440 g/mol. The molecule has 4 rings (SSSR count). The summed E-state index contributed by atoms with van der Waals surface area (Å²) in [7, 11) is 0.520. The lowest BCUT2D eigenvalue weighted by atomic mass is 9.95. The molecule has 9 heteroatoms. The van der Waals surface area contributed by atoms with E-state index < -0.39 is 10.0 Å². The summed E-state index contributed by atoms with van der Waals surface area (Å²) in [5, 5.41) is 0. The van der Waals surface area contributed by atoms with Crippen LogP contribution in [0, 0.1) is 0 Å². The highest BCUT2D eigenvalue weighted by atomic mass is 32.2. The summed E-state index contributed by atoms with van der Waals surface area (Å²) < 4.78 is 30.8. The van der Waals surface area contributed by atoms with E-state index in [4.69, 9.17) is 4.74 Å². The van der Waals surface area contributed by atoms with Gasteiger partial charge in [-0.05, 0) is 43.3 Å². The number of sulfonamides is 1. The summed E-state index contributed by atoms with van der Waals surface area (Å²) in [4.78, 5) is 19.8. The van der Waals surface area contributed by atoms with Gasteiger partial charge in [0.1, 0.15) is 5.75 Å². The van der Waals surface area contributed by atoms with Gasteiger partial charge in [0.05, 0.1) is 19.8 Å². The molecule has 33 heavy (non-hydrogen) atoms. The highest BCUT2D eigenvalue weighted by Gasteiger charge is 2.28. The van der Waals surface area contributed by atoms with E-state index in [0.717, 1.165) is 50.2 Å². The van der Waals surface area contributed by atoms with Crippen LogP contribution < -0.4 is 14.4 Å². The first-order chi connectivity index (χ1) is 15.7. The van der Waals surface area contributed by atoms with Gasteiger partial charge in [-0.25, -0.2) is 8.42 Å². The number of carbonyl (C=O) groups excluding carboxylic acids is 1. The van der Waals surface area contributed by atoms with E-state index in [0.29, 0.717) is 18.8 Å². The number of ether oxygens (including phenoxy) is 1. The molecule has 1 saturated heterocycles. The summed E-state index contributed by atoms with van der Waals surface area (Å²) in [6, 6.07) is 11.1. The molecular formula is C24H32N4O4S. The summed E-state index contributed by atoms with van der Waals surface area (Å²) >= 11 is 0. The molecule has 0 atom stereocenters. The number of fused-ring (bicyclic) bond motifs is 1. The second kappa shape index (κ2) is 9.61. The van der Waals surface area contributed by atoms with Crippen LogP contribution in [0.3, 0.4) is 0 Å². The van der Waals surface area contributed by atoms with E-state index >= 15 is 0 Å². The Morgan fingerprint density at radius 2 is 1.70 bits per heavy atom. The van der Waals surface area contributed by atoms with Crippen molar-refractivity contribution in [1.29, 1.82) is 0 Å². The van der Waals surface area contributed by atoms with E-state index in [-0.39, 0.29) is 12.3 Å². The van der Waals surface area contributed by atoms with Crippen LogP contribution in [-0.4, -0.2) is 77.3 Å². The van der Waals surface area contributed by atoms with E-state index in [1.165, 1.54) is 16.8 Å². The Balaban J connectivity index is 1.50. The average molecular weight is 473 g/mol. The van der Waals surface area contributed by atoms with Gasteiger partial charge in [0, 0.05) is 61.8 Å². The van der Waals surface area contributed by atoms with Crippen LogP contribution in [0.15, 0.2) is 36.4 Å². The number of anilines is 2. The van der Waals surface area contributed by atoms with E-state index in [1.807, 2.05) is 4.90 Å². The zero-order valence-electron chi connectivity index (χ0n) is 19.5. The van der Waals surface area contributed by atoms with Gasteiger partial charge in [-0.2, -0.15) is 0 Å². The molecule has 1 amide bonds. The van der Waals surface area contributed by atoms with Crippen LogP contribution >= 0.6 is 0 Å². The molecule has 0 spiro atoms. The Hall–Kier alpha value is -2.78. The zero-order valence-corrected chi connectivity index (χ0v) is 20.3. The van der Waals surface area contributed by atoms with Crippen molar-refractivity contribution >= 4 is 27.3 Å². The summed E-state index contributed by atoms with van der Waals surface area (Å²) in [6.07, 6.45) is 2.16. The Morgan fingerprint density at radius 3 is 2.33 bits per heavy atom. The number of carbonyl (C=O) groups is 1. The van der Waals surface area contributed by atoms with Gasteiger partial charge in [0.25, 0.3) is 0 Å². The maximum absolute atomic E-state index is 13.1. The molecule has 0 radical (unpaired) electrons. The van der Waals surface area contributed by atoms with Crippen molar-refractivity contribution in [1.82, 2.24) is 9.80 Å². The summed E-state index contributed by atoms with van der Waals surface area (Å²) in [6.45, 7) is 5.21. The number of methoxy groups -OCH3 is 1. The van der Waals surface area contributed by atoms with Gasteiger partial charge in [-0.3, -0.25) is 9.52 Å². The van der Waals surface area contributed by atoms with Crippen LogP contribution in [0.5, 0.6) is 5.75 Å². The van der Waals surface area contributed by atoms with Crippen molar-refractivity contribution in [3.8, 4) is 5.75 Å². The minimum atomic E-state index is -3.32. The molecule has 2 aromatic rings. The lowest BCUT2D eigenvalue weighted by Gasteiger charge is -2.38. The van der Waals surface area contributed by atoms with Crippen molar-refractivity contribution in [3.05, 3.63) is 53.1 Å². The van der Waals surface area contributed by atoms with Gasteiger partial charge < -0.3 is 19.4 Å².